The van der Waals surface area contributed by atoms with E-state index in [1.165, 1.54) is 5.56 Å². The van der Waals surface area contributed by atoms with Crippen LogP contribution in [0.5, 0.6) is 5.75 Å². The molecule has 0 amide bonds. The van der Waals surface area contributed by atoms with Crippen molar-refractivity contribution >= 4 is 15.9 Å². The van der Waals surface area contributed by atoms with Crippen molar-refractivity contribution in [3.8, 4) is 5.75 Å². The van der Waals surface area contributed by atoms with Crippen molar-refractivity contribution in [2.24, 2.45) is 0 Å². The molecule has 0 radical (unpaired) electrons. The first kappa shape index (κ1) is 15.5. The van der Waals surface area contributed by atoms with Gasteiger partial charge in [0.15, 0.2) is 0 Å². The van der Waals surface area contributed by atoms with Crippen LogP contribution in [0.2, 0.25) is 0 Å². The molecule has 0 heterocycles. The second-order valence-corrected chi connectivity index (χ2v) is 4.82. The number of halogens is 1. The Bertz CT molecular complexity index is 345. The van der Waals surface area contributed by atoms with Gasteiger partial charge in [-0.05, 0) is 43.7 Å². The Morgan fingerprint density at radius 3 is 2.78 bits per heavy atom. The fourth-order valence-electron chi connectivity index (χ4n) is 1.65. The van der Waals surface area contributed by atoms with Gasteiger partial charge in [-0.1, -0.05) is 22.9 Å². The number of hydrogen-bond donors (Lipinski definition) is 1. The van der Waals surface area contributed by atoms with Crippen LogP contribution in [0.3, 0.4) is 0 Å². The van der Waals surface area contributed by atoms with E-state index < -0.39 is 0 Å². The molecule has 0 atom stereocenters. The average molecular weight is 316 g/mol. The maximum Gasteiger partial charge on any atom is 0.122 e. The molecular formula is C14H22BrNO2. The Kier molecular flexibility index (Phi) is 8.05. The molecule has 1 aromatic rings. The summed E-state index contributed by atoms with van der Waals surface area (Å²) in [5, 5.41) is 3.23. The third-order valence-electron chi connectivity index (χ3n) is 2.51. The first-order chi connectivity index (χ1) is 8.77. The summed E-state index contributed by atoms with van der Waals surface area (Å²) in [5.74, 6) is 0.955. The predicted molar refractivity (Wildman–Crippen MR) is 78.4 cm³/mol. The summed E-state index contributed by atoms with van der Waals surface area (Å²) in [6.45, 7) is 8.16. The highest BCUT2D eigenvalue weighted by Crippen LogP contribution is 2.23. The Morgan fingerprint density at radius 2 is 2.06 bits per heavy atom. The summed E-state index contributed by atoms with van der Waals surface area (Å²) in [5.41, 5.74) is 1.19. The standard InChI is InChI=1S/C14H22BrNO2/c1-3-16-8-10-17-9-7-12-11-13(15)5-6-14(12)18-4-2/h5-6,11,16H,3-4,7-10H2,1-2H3. The van der Waals surface area contributed by atoms with Gasteiger partial charge in [-0.15, -0.1) is 0 Å². The smallest absolute Gasteiger partial charge is 0.122 e. The minimum absolute atomic E-state index is 0.690. The number of hydrogen-bond acceptors (Lipinski definition) is 3. The van der Waals surface area contributed by atoms with E-state index in [1.807, 2.05) is 19.1 Å². The SMILES string of the molecule is CCNCCOCCc1cc(Br)ccc1OCC. The number of ether oxygens (including phenoxy) is 2. The maximum atomic E-state index is 5.60. The van der Waals surface area contributed by atoms with Crippen LogP contribution in [0.25, 0.3) is 0 Å². The van der Waals surface area contributed by atoms with Crippen molar-refractivity contribution < 1.29 is 9.47 Å². The highest BCUT2D eigenvalue weighted by Gasteiger charge is 2.04. The van der Waals surface area contributed by atoms with Crippen LogP contribution in [0.1, 0.15) is 19.4 Å². The molecule has 0 saturated carbocycles. The van der Waals surface area contributed by atoms with Gasteiger partial charge in [0.05, 0.1) is 19.8 Å². The molecule has 0 aliphatic rings. The first-order valence-electron chi connectivity index (χ1n) is 6.47. The lowest BCUT2D eigenvalue weighted by atomic mass is 10.1. The summed E-state index contributed by atoms with van der Waals surface area (Å²) < 4.78 is 12.3. The van der Waals surface area contributed by atoms with Crippen molar-refractivity contribution in [3.05, 3.63) is 28.2 Å². The molecule has 0 aliphatic carbocycles. The Balaban J connectivity index is 2.37. The number of benzene rings is 1. The molecule has 18 heavy (non-hydrogen) atoms. The van der Waals surface area contributed by atoms with Crippen LogP contribution in [0.4, 0.5) is 0 Å². The largest absolute Gasteiger partial charge is 0.494 e. The fourth-order valence-corrected chi connectivity index (χ4v) is 2.05. The van der Waals surface area contributed by atoms with Crippen molar-refractivity contribution in [2.45, 2.75) is 20.3 Å². The molecule has 1 rings (SSSR count). The van der Waals surface area contributed by atoms with Crippen molar-refractivity contribution in [1.29, 1.82) is 0 Å². The molecule has 102 valence electrons. The van der Waals surface area contributed by atoms with Crippen LogP contribution in [-0.4, -0.2) is 32.9 Å². The minimum atomic E-state index is 0.690. The summed E-state index contributed by atoms with van der Waals surface area (Å²) in [6, 6.07) is 6.10. The molecule has 0 aromatic heterocycles. The van der Waals surface area contributed by atoms with Gasteiger partial charge in [-0.3, -0.25) is 0 Å². The van der Waals surface area contributed by atoms with Crippen LogP contribution < -0.4 is 10.1 Å². The van der Waals surface area contributed by atoms with Crippen LogP contribution in [0.15, 0.2) is 22.7 Å². The molecule has 4 heteroatoms. The van der Waals surface area contributed by atoms with Gasteiger partial charge in [0.25, 0.3) is 0 Å². The lowest BCUT2D eigenvalue weighted by Gasteiger charge is -2.11. The highest BCUT2D eigenvalue weighted by molar-refractivity contribution is 9.10. The second kappa shape index (κ2) is 9.36. The normalized spacial score (nSPS) is 10.6. The number of nitrogens with one attached hydrogen (secondary N) is 1. The molecule has 0 aliphatic heterocycles. The Labute approximate surface area is 118 Å². The van der Waals surface area contributed by atoms with E-state index in [4.69, 9.17) is 9.47 Å². The quantitative estimate of drug-likeness (QED) is 0.711. The molecule has 0 saturated heterocycles. The number of rotatable bonds is 9. The van der Waals surface area contributed by atoms with Crippen LogP contribution in [0, 0.1) is 0 Å². The van der Waals surface area contributed by atoms with Crippen molar-refractivity contribution in [2.75, 3.05) is 32.9 Å². The second-order valence-electron chi connectivity index (χ2n) is 3.90. The molecule has 0 bridgehead atoms. The van der Waals surface area contributed by atoms with Crippen LogP contribution >= 0.6 is 15.9 Å². The van der Waals surface area contributed by atoms with Gasteiger partial charge in [0.2, 0.25) is 0 Å². The topological polar surface area (TPSA) is 30.5 Å². The van der Waals surface area contributed by atoms with E-state index in [9.17, 15) is 0 Å². The van der Waals surface area contributed by atoms with Gasteiger partial charge in [0.1, 0.15) is 5.75 Å². The monoisotopic (exact) mass is 315 g/mol. The molecule has 1 N–H and O–H groups in total. The third-order valence-corrected chi connectivity index (χ3v) is 3.00. The van der Waals surface area contributed by atoms with Gasteiger partial charge in [-0.2, -0.15) is 0 Å². The van der Waals surface area contributed by atoms with E-state index in [1.54, 1.807) is 0 Å². The zero-order valence-electron chi connectivity index (χ0n) is 11.2. The van der Waals surface area contributed by atoms with Gasteiger partial charge >= 0.3 is 0 Å². The van der Waals surface area contributed by atoms with E-state index in [0.29, 0.717) is 6.61 Å². The van der Waals surface area contributed by atoms with Gasteiger partial charge < -0.3 is 14.8 Å². The molecular weight excluding hydrogens is 294 g/mol. The van der Waals surface area contributed by atoms with Crippen molar-refractivity contribution in [3.63, 3.8) is 0 Å². The van der Waals surface area contributed by atoms with E-state index in [2.05, 4.69) is 34.2 Å². The zero-order chi connectivity index (χ0) is 13.2. The first-order valence-corrected chi connectivity index (χ1v) is 7.27. The van der Waals surface area contributed by atoms with Gasteiger partial charge in [0, 0.05) is 11.0 Å². The highest BCUT2D eigenvalue weighted by atomic mass is 79.9. The van der Waals surface area contributed by atoms with E-state index in [-0.39, 0.29) is 0 Å². The third kappa shape index (κ3) is 5.85. The molecule has 0 fully saturated rings. The van der Waals surface area contributed by atoms with Crippen molar-refractivity contribution in [1.82, 2.24) is 5.32 Å². The summed E-state index contributed by atoms with van der Waals surface area (Å²) in [6.07, 6.45) is 0.876. The minimum Gasteiger partial charge on any atom is -0.494 e. The maximum absolute atomic E-state index is 5.60. The molecule has 1 aromatic carbocycles. The summed E-state index contributed by atoms with van der Waals surface area (Å²) in [4.78, 5) is 0. The van der Waals surface area contributed by atoms with Crippen LogP contribution in [-0.2, 0) is 11.2 Å². The molecule has 0 spiro atoms. The van der Waals surface area contributed by atoms with Gasteiger partial charge in [-0.25, -0.2) is 0 Å². The lowest BCUT2D eigenvalue weighted by Crippen LogP contribution is -2.19. The molecule has 3 nitrogen and oxygen atoms in total. The van der Waals surface area contributed by atoms with E-state index in [0.717, 1.165) is 42.9 Å². The average Bonchev–Trinajstić information content (AvgIpc) is 2.37. The summed E-state index contributed by atoms with van der Waals surface area (Å²) in [7, 11) is 0. The fraction of sp³-hybridized carbons (Fsp3) is 0.571. The zero-order valence-corrected chi connectivity index (χ0v) is 12.8. The van der Waals surface area contributed by atoms with E-state index >= 15 is 0 Å². The Morgan fingerprint density at radius 1 is 1.22 bits per heavy atom. The Hall–Kier alpha value is -0.580. The predicted octanol–water partition coefficient (Wildman–Crippen LogP) is 3.02. The molecule has 0 unspecified atom stereocenters. The summed E-state index contributed by atoms with van der Waals surface area (Å²) >= 11 is 3.48. The number of likely N-dealkylation sites (N-methyl/N-ethyl adjacent to an activating group) is 1. The lowest BCUT2D eigenvalue weighted by molar-refractivity contribution is 0.138.